The van der Waals surface area contributed by atoms with Crippen LogP contribution in [-0.4, -0.2) is 4.98 Å². The van der Waals surface area contributed by atoms with Gasteiger partial charge in [0.05, 0.1) is 10.6 Å². The number of aromatic nitrogens is 1. The predicted octanol–water partition coefficient (Wildman–Crippen LogP) is 6.14. The highest BCUT2D eigenvalue weighted by molar-refractivity contribution is 7.15. The smallest absolute Gasteiger partial charge is 0.213 e. The topological polar surface area (TPSA) is 12.9 Å². The molecule has 2 heterocycles. The molecule has 0 saturated carbocycles. The summed E-state index contributed by atoms with van der Waals surface area (Å²) in [6.45, 7) is 2.00. The Morgan fingerprint density at radius 2 is 1.72 bits per heavy atom. The maximum Gasteiger partial charge on any atom is 0.213 e. The third kappa shape index (κ3) is 3.05. The van der Waals surface area contributed by atoms with Gasteiger partial charge < -0.3 is 0 Å². The lowest BCUT2D eigenvalue weighted by Gasteiger charge is -2.09. The minimum absolute atomic E-state index is 0.167. The predicted molar refractivity (Wildman–Crippen MR) is 99.0 cm³/mol. The van der Waals surface area contributed by atoms with Crippen molar-refractivity contribution < 1.29 is 8.78 Å². The number of rotatable bonds is 3. The third-order valence-corrected chi connectivity index (χ3v) is 5.36. The van der Waals surface area contributed by atoms with E-state index in [1.54, 1.807) is 12.1 Å². The SMILES string of the molecule is Cc1cc(Cc2ccc(-c3cccc(F)n3)s2)c(F)c2ccccc12. The number of hydrogen-bond donors (Lipinski definition) is 0. The van der Waals surface area contributed by atoms with Gasteiger partial charge in [0, 0.05) is 16.7 Å². The van der Waals surface area contributed by atoms with Crippen LogP contribution < -0.4 is 0 Å². The maximum absolute atomic E-state index is 14.9. The van der Waals surface area contributed by atoms with E-state index in [9.17, 15) is 8.78 Å². The molecule has 0 atom stereocenters. The Kier molecular flexibility index (Phi) is 4.06. The van der Waals surface area contributed by atoms with E-state index < -0.39 is 5.95 Å². The zero-order valence-corrected chi connectivity index (χ0v) is 14.4. The first-order chi connectivity index (χ1) is 12.1. The largest absolute Gasteiger partial charge is 0.219 e. The molecule has 124 valence electrons. The third-order valence-electron chi connectivity index (χ3n) is 4.25. The summed E-state index contributed by atoms with van der Waals surface area (Å²) < 4.78 is 28.2. The lowest BCUT2D eigenvalue weighted by Crippen LogP contribution is -1.94. The van der Waals surface area contributed by atoms with E-state index in [2.05, 4.69) is 4.98 Å². The Morgan fingerprint density at radius 1 is 0.920 bits per heavy atom. The van der Waals surface area contributed by atoms with Crippen molar-refractivity contribution in [3.8, 4) is 10.6 Å². The molecular weight excluding hydrogens is 336 g/mol. The number of aryl methyl sites for hydroxylation is 1. The maximum atomic E-state index is 14.9. The van der Waals surface area contributed by atoms with E-state index >= 15 is 0 Å². The van der Waals surface area contributed by atoms with Crippen molar-refractivity contribution in [3.05, 3.63) is 88.4 Å². The number of benzene rings is 2. The van der Waals surface area contributed by atoms with Gasteiger partial charge >= 0.3 is 0 Å². The van der Waals surface area contributed by atoms with Gasteiger partial charge in [-0.3, -0.25) is 0 Å². The highest BCUT2D eigenvalue weighted by Crippen LogP contribution is 2.31. The molecule has 2 aromatic heterocycles. The van der Waals surface area contributed by atoms with Crippen molar-refractivity contribution in [2.75, 3.05) is 0 Å². The van der Waals surface area contributed by atoms with Crippen LogP contribution in [0.2, 0.25) is 0 Å². The first-order valence-corrected chi connectivity index (χ1v) is 8.82. The zero-order valence-electron chi connectivity index (χ0n) is 13.6. The van der Waals surface area contributed by atoms with Gasteiger partial charge in [-0.1, -0.05) is 36.4 Å². The zero-order chi connectivity index (χ0) is 17.4. The summed E-state index contributed by atoms with van der Waals surface area (Å²) in [4.78, 5) is 5.81. The highest BCUT2D eigenvalue weighted by atomic mass is 32.1. The van der Waals surface area contributed by atoms with Crippen molar-refractivity contribution in [1.82, 2.24) is 4.98 Å². The average molecular weight is 351 g/mol. The number of pyridine rings is 1. The fourth-order valence-corrected chi connectivity index (χ4v) is 4.07. The number of nitrogens with zero attached hydrogens (tertiary/aromatic N) is 1. The van der Waals surface area contributed by atoms with Crippen molar-refractivity contribution in [2.45, 2.75) is 13.3 Å². The molecular formula is C21H15F2NS. The standard InChI is InChI=1S/C21H15F2NS/c1-13-11-14(21(23)17-6-3-2-5-16(13)17)12-15-9-10-19(25-15)18-7-4-8-20(22)24-18/h2-11H,12H2,1H3. The molecule has 4 rings (SSSR count). The molecule has 4 aromatic rings. The normalized spacial score (nSPS) is 11.2. The molecule has 0 radical (unpaired) electrons. The molecule has 0 aliphatic rings. The summed E-state index contributed by atoms with van der Waals surface area (Å²) in [6, 6.07) is 18.1. The molecule has 0 unspecified atom stereocenters. The molecule has 0 bridgehead atoms. The molecule has 0 aliphatic carbocycles. The number of halogens is 2. The van der Waals surface area contributed by atoms with Gasteiger partial charge in [0.2, 0.25) is 5.95 Å². The molecule has 0 spiro atoms. The number of hydrogen-bond acceptors (Lipinski definition) is 2. The Hall–Kier alpha value is -2.59. The lowest BCUT2D eigenvalue weighted by atomic mass is 9.99. The van der Waals surface area contributed by atoms with Gasteiger partial charge in [-0.25, -0.2) is 9.37 Å². The second-order valence-electron chi connectivity index (χ2n) is 6.00. The van der Waals surface area contributed by atoms with Crippen molar-refractivity contribution in [3.63, 3.8) is 0 Å². The van der Waals surface area contributed by atoms with Gasteiger partial charge in [-0.2, -0.15) is 4.39 Å². The summed E-state index contributed by atoms with van der Waals surface area (Å²) in [6.07, 6.45) is 0.511. The second-order valence-corrected chi connectivity index (χ2v) is 7.17. The van der Waals surface area contributed by atoms with Crippen LogP contribution in [0.25, 0.3) is 21.3 Å². The minimum Gasteiger partial charge on any atom is -0.219 e. The summed E-state index contributed by atoms with van der Waals surface area (Å²) >= 11 is 1.51. The summed E-state index contributed by atoms with van der Waals surface area (Å²) in [5.41, 5.74) is 2.35. The van der Waals surface area contributed by atoms with E-state index in [1.807, 2.05) is 49.4 Å². The van der Waals surface area contributed by atoms with Gasteiger partial charge in [-0.05, 0) is 47.7 Å². The van der Waals surface area contributed by atoms with E-state index in [4.69, 9.17) is 0 Å². The first kappa shape index (κ1) is 15.9. The van der Waals surface area contributed by atoms with Crippen LogP contribution in [0.5, 0.6) is 0 Å². The van der Waals surface area contributed by atoms with E-state index in [0.717, 1.165) is 20.7 Å². The molecule has 0 N–H and O–H groups in total. The quantitative estimate of drug-likeness (QED) is 0.404. The van der Waals surface area contributed by atoms with Crippen LogP contribution in [0.3, 0.4) is 0 Å². The van der Waals surface area contributed by atoms with Crippen LogP contribution in [0.4, 0.5) is 8.78 Å². The molecule has 0 aliphatic heterocycles. The fraction of sp³-hybridized carbons (Fsp3) is 0.0952. The summed E-state index contributed by atoms with van der Waals surface area (Å²) in [7, 11) is 0. The molecule has 1 nitrogen and oxygen atoms in total. The Bertz CT molecular complexity index is 1070. The monoisotopic (exact) mass is 351 g/mol. The minimum atomic E-state index is -0.497. The Morgan fingerprint density at radius 3 is 2.52 bits per heavy atom. The van der Waals surface area contributed by atoms with Crippen molar-refractivity contribution >= 4 is 22.1 Å². The van der Waals surface area contributed by atoms with Crippen LogP contribution in [0, 0.1) is 18.7 Å². The van der Waals surface area contributed by atoms with E-state index in [1.165, 1.54) is 17.4 Å². The van der Waals surface area contributed by atoms with Crippen LogP contribution in [-0.2, 0) is 6.42 Å². The van der Waals surface area contributed by atoms with Crippen molar-refractivity contribution in [2.24, 2.45) is 0 Å². The Balaban J connectivity index is 1.69. The van der Waals surface area contributed by atoms with Gasteiger partial charge in [-0.15, -0.1) is 11.3 Å². The van der Waals surface area contributed by atoms with Gasteiger partial charge in [0.15, 0.2) is 0 Å². The van der Waals surface area contributed by atoms with Crippen LogP contribution >= 0.6 is 11.3 Å². The lowest BCUT2D eigenvalue weighted by molar-refractivity contribution is 0.585. The first-order valence-electron chi connectivity index (χ1n) is 8.00. The number of fused-ring (bicyclic) bond motifs is 1. The van der Waals surface area contributed by atoms with E-state index in [0.29, 0.717) is 23.1 Å². The van der Waals surface area contributed by atoms with Gasteiger partial charge in [0.25, 0.3) is 0 Å². The highest BCUT2D eigenvalue weighted by Gasteiger charge is 2.12. The molecule has 2 aromatic carbocycles. The molecule has 0 saturated heterocycles. The van der Waals surface area contributed by atoms with Crippen LogP contribution in [0.1, 0.15) is 16.0 Å². The van der Waals surface area contributed by atoms with Crippen LogP contribution in [0.15, 0.2) is 60.7 Å². The summed E-state index contributed by atoms with van der Waals surface area (Å²) in [5.74, 6) is -0.663. The molecule has 0 amide bonds. The summed E-state index contributed by atoms with van der Waals surface area (Å²) in [5, 5.41) is 1.60. The van der Waals surface area contributed by atoms with Crippen molar-refractivity contribution in [1.29, 1.82) is 0 Å². The molecule has 0 fully saturated rings. The van der Waals surface area contributed by atoms with Gasteiger partial charge in [0.1, 0.15) is 5.82 Å². The Labute approximate surface area is 148 Å². The molecule has 25 heavy (non-hydrogen) atoms. The fourth-order valence-electron chi connectivity index (χ4n) is 3.07. The van der Waals surface area contributed by atoms with E-state index in [-0.39, 0.29) is 5.82 Å². The second kappa shape index (κ2) is 6.37. The molecule has 4 heteroatoms. The average Bonchev–Trinajstić information content (AvgIpc) is 3.08. The number of thiophene rings is 1.